The van der Waals surface area contributed by atoms with E-state index < -0.39 is 0 Å². The van der Waals surface area contributed by atoms with Crippen molar-refractivity contribution in [1.29, 1.82) is 0 Å². The van der Waals surface area contributed by atoms with E-state index in [9.17, 15) is 4.79 Å². The van der Waals surface area contributed by atoms with Crippen LogP contribution >= 0.6 is 11.3 Å². The third-order valence-corrected chi connectivity index (χ3v) is 6.00. The Bertz CT molecular complexity index is 733. The summed E-state index contributed by atoms with van der Waals surface area (Å²) in [5, 5.41) is 0. The number of hydrogen-bond donors (Lipinski definition) is 0. The Kier molecular flexibility index (Phi) is 4.83. The number of aromatic nitrogens is 1. The predicted octanol–water partition coefficient (Wildman–Crippen LogP) is 2.57. The van der Waals surface area contributed by atoms with Gasteiger partial charge in [0.1, 0.15) is 0 Å². The first kappa shape index (κ1) is 16.7. The first-order valence-electron chi connectivity index (χ1n) is 8.81. The normalized spacial score (nSPS) is 24.1. The fourth-order valence-corrected chi connectivity index (χ4v) is 4.71. The van der Waals surface area contributed by atoms with Gasteiger partial charge in [-0.2, -0.15) is 0 Å². The Morgan fingerprint density at radius 2 is 2.28 bits per heavy atom. The molecule has 2 aliphatic rings. The zero-order valence-corrected chi connectivity index (χ0v) is 15.2. The van der Waals surface area contributed by atoms with Crippen LogP contribution in [0.3, 0.4) is 0 Å². The van der Waals surface area contributed by atoms with Gasteiger partial charge in [0.2, 0.25) is 0 Å². The maximum Gasteiger partial charge on any atom is 0.255 e. The van der Waals surface area contributed by atoms with E-state index in [1.54, 1.807) is 12.4 Å². The van der Waals surface area contributed by atoms with E-state index in [1.807, 2.05) is 28.4 Å². The minimum Gasteiger partial charge on any atom is -0.374 e. The maximum atomic E-state index is 12.9. The van der Waals surface area contributed by atoms with Crippen molar-refractivity contribution in [2.45, 2.75) is 32.0 Å². The standard InChI is InChI=1S/C19H23N3O2S/c1-14-4-5-16(25-14)12-21-8-6-18-17(13-21)22(9-10-24-18)19(23)15-3-2-7-20-11-15/h2-5,7,11,17-18H,6,8-10,12-13H2,1H3/t17-,18-/m1/s1. The molecule has 132 valence electrons. The largest absolute Gasteiger partial charge is 0.374 e. The van der Waals surface area contributed by atoms with Crippen LogP contribution in [0.15, 0.2) is 36.7 Å². The maximum absolute atomic E-state index is 12.9. The summed E-state index contributed by atoms with van der Waals surface area (Å²) >= 11 is 1.85. The third-order valence-electron chi connectivity index (χ3n) is 5.01. The lowest BCUT2D eigenvalue weighted by molar-refractivity contribution is -0.0913. The molecule has 0 saturated carbocycles. The van der Waals surface area contributed by atoms with Gasteiger partial charge >= 0.3 is 0 Å². The molecule has 0 aromatic carbocycles. The molecular formula is C19H23N3O2S. The molecule has 2 aromatic heterocycles. The number of thiophene rings is 1. The summed E-state index contributed by atoms with van der Waals surface area (Å²) in [7, 11) is 0. The summed E-state index contributed by atoms with van der Waals surface area (Å²) < 4.78 is 5.97. The van der Waals surface area contributed by atoms with Crippen molar-refractivity contribution in [2.24, 2.45) is 0 Å². The van der Waals surface area contributed by atoms with Gasteiger partial charge in [-0.05, 0) is 37.6 Å². The van der Waals surface area contributed by atoms with Crippen molar-refractivity contribution in [3.63, 3.8) is 0 Å². The molecule has 2 fully saturated rings. The van der Waals surface area contributed by atoms with Crippen LogP contribution in [0.25, 0.3) is 0 Å². The molecule has 25 heavy (non-hydrogen) atoms. The van der Waals surface area contributed by atoms with Crippen LogP contribution in [0.5, 0.6) is 0 Å². The van der Waals surface area contributed by atoms with Crippen LogP contribution in [0.2, 0.25) is 0 Å². The molecule has 2 atom stereocenters. The van der Waals surface area contributed by atoms with E-state index in [0.717, 1.165) is 26.1 Å². The number of likely N-dealkylation sites (tertiary alicyclic amines) is 1. The summed E-state index contributed by atoms with van der Waals surface area (Å²) in [6.07, 6.45) is 4.48. The Morgan fingerprint density at radius 3 is 3.04 bits per heavy atom. The highest BCUT2D eigenvalue weighted by atomic mass is 32.1. The quantitative estimate of drug-likeness (QED) is 0.847. The van der Waals surface area contributed by atoms with Gasteiger partial charge < -0.3 is 9.64 Å². The molecule has 0 bridgehead atoms. The summed E-state index contributed by atoms with van der Waals surface area (Å²) in [5.74, 6) is 0.0696. The van der Waals surface area contributed by atoms with Gasteiger partial charge in [0.05, 0.1) is 24.3 Å². The highest BCUT2D eigenvalue weighted by molar-refractivity contribution is 7.11. The number of pyridine rings is 1. The number of hydrogen-bond acceptors (Lipinski definition) is 5. The fourth-order valence-electron chi connectivity index (χ4n) is 3.78. The van der Waals surface area contributed by atoms with Crippen molar-refractivity contribution in [3.8, 4) is 0 Å². The van der Waals surface area contributed by atoms with E-state index in [-0.39, 0.29) is 18.1 Å². The number of carbonyl (C=O) groups is 1. The number of fused-ring (bicyclic) bond motifs is 1. The zero-order valence-electron chi connectivity index (χ0n) is 14.4. The first-order chi connectivity index (χ1) is 12.2. The van der Waals surface area contributed by atoms with Crippen LogP contribution in [-0.2, 0) is 11.3 Å². The second-order valence-corrected chi connectivity index (χ2v) is 8.13. The Morgan fingerprint density at radius 1 is 1.36 bits per heavy atom. The second kappa shape index (κ2) is 7.23. The van der Waals surface area contributed by atoms with Crippen LogP contribution in [0.1, 0.15) is 26.5 Å². The number of nitrogens with zero attached hydrogens (tertiary/aromatic N) is 3. The molecule has 2 aliphatic heterocycles. The van der Waals surface area contributed by atoms with Gasteiger partial charge in [-0.1, -0.05) is 0 Å². The van der Waals surface area contributed by atoms with E-state index in [1.165, 1.54) is 9.75 Å². The van der Waals surface area contributed by atoms with Crippen molar-refractivity contribution in [2.75, 3.05) is 26.2 Å². The number of piperidine rings is 1. The SMILES string of the molecule is Cc1ccc(CN2CC[C@H]3OCCN(C(=O)c4cccnc4)[C@@H]3C2)s1. The molecule has 0 radical (unpaired) electrons. The fraction of sp³-hybridized carbons (Fsp3) is 0.474. The number of amides is 1. The molecule has 0 N–H and O–H groups in total. The number of morpholine rings is 1. The second-order valence-electron chi connectivity index (χ2n) is 6.75. The van der Waals surface area contributed by atoms with Crippen LogP contribution in [-0.4, -0.2) is 59.1 Å². The van der Waals surface area contributed by atoms with Crippen LogP contribution in [0.4, 0.5) is 0 Å². The minimum atomic E-state index is 0.0696. The molecule has 2 aromatic rings. The predicted molar refractivity (Wildman–Crippen MR) is 97.8 cm³/mol. The van der Waals surface area contributed by atoms with Crippen molar-refractivity contribution >= 4 is 17.2 Å². The molecule has 0 aliphatic carbocycles. The van der Waals surface area contributed by atoms with Crippen LogP contribution in [0, 0.1) is 6.92 Å². The van der Waals surface area contributed by atoms with Gasteiger partial charge in [-0.25, -0.2) is 0 Å². The van der Waals surface area contributed by atoms with E-state index in [4.69, 9.17) is 4.74 Å². The highest BCUT2D eigenvalue weighted by Crippen LogP contribution is 2.26. The van der Waals surface area contributed by atoms with Crippen LogP contribution < -0.4 is 0 Å². The lowest BCUT2D eigenvalue weighted by atomic mass is 9.98. The Labute approximate surface area is 152 Å². The van der Waals surface area contributed by atoms with Gasteiger partial charge in [-0.3, -0.25) is 14.7 Å². The molecule has 0 unspecified atom stereocenters. The molecule has 1 amide bonds. The summed E-state index contributed by atoms with van der Waals surface area (Å²) in [5.41, 5.74) is 0.661. The van der Waals surface area contributed by atoms with Gasteiger partial charge in [-0.15, -0.1) is 11.3 Å². The van der Waals surface area contributed by atoms with Crippen molar-refractivity contribution in [1.82, 2.24) is 14.8 Å². The van der Waals surface area contributed by atoms with Gasteiger partial charge in [0.15, 0.2) is 0 Å². The first-order valence-corrected chi connectivity index (χ1v) is 9.62. The number of ether oxygens (including phenoxy) is 1. The lowest BCUT2D eigenvalue weighted by Crippen LogP contribution is -2.61. The van der Waals surface area contributed by atoms with E-state index in [0.29, 0.717) is 18.7 Å². The average molecular weight is 357 g/mol. The number of carbonyl (C=O) groups excluding carboxylic acids is 1. The number of rotatable bonds is 3. The summed E-state index contributed by atoms with van der Waals surface area (Å²) in [6, 6.07) is 8.17. The van der Waals surface area contributed by atoms with Gasteiger partial charge in [0, 0.05) is 48.3 Å². The van der Waals surface area contributed by atoms with Gasteiger partial charge in [0.25, 0.3) is 5.91 Å². The topological polar surface area (TPSA) is 45.7 Å². The minimum absolute atomic E-state index is 0.0696. The van der Waals surface area contributed by atoms with Crippen molar-refractivity contribution < 1.29 is 9.53 Å². The third kappa shape index (κ3) is 3.61. The monoisotopic (exact) mass is 357 g/mol. The molecule has 6 heteroatoms. The molecular weight excluding hydrogens is 334 g/mol. The van der Waals surface area contributed by atoms with Crippen molar-refractivity contribution in [3.05, 3.63) is 52.0 Å². The number of aryl methyl sites for hydroxylation is 1. The zero-order chi connectivity index (χ0) is 17.2. The molecule has 5 nitrogen and oxygen atoms in total. The smallest absolute Gasteiger partial charge is 0.255 e. The van der Waals surface area contributed by atoms with E-state index in [2.05, 4.69) is 28.9 Å². The molecule has 2 saturated heterocycles. The lowest BCUT2D eigenvalue weighted by Gasteiger charge is -2.47. The average Bonchev–Trinajstić information content (AvgIpc) is 3.06. The Balaban J connectivity index is 1.48. The Hall–Kier alpha value is -1.76. The molecule has 0 spiro atoms. The summed E-state index contributed by atoms with van der Waals surface area (Å²) in [6.45, 7) is 6.26. The highest BCUT2D eigenvalue weighted by Gasteiger charge is 2.39. The van der Waals surface area contributed by atoms with E-state index >= 15 is 0 Å². The molecule has 4 heterocycles. The molecule has 4 rings (SSSR count). The summed E-state index contributed by atoms with van der Waals surface area (Å²) in [4.78, 5) is 24.2.